The highest BCUT2D eigenvalue weighted by atomic mass is 32.2. The third kappa shape index (κ3) is 5.03. The SMILES string of the molecule is CN(C)S(=O)(=O)c1ccc(C(O)=C2C(=O)C(=O)N(CCC[NH+](C)C)C2c2ccc(F)cc2)cc1. The van der Waals surface area contributed by atoms with E-state index in [-0.39, 0.29) is 22.6 Å². The van der Waals surface area contributed by atoms with Crippen molar-refractivity contribution in [1.82, 2.24) is 9.21 Å². The molecular formula is C24H29FN3O5S+. The normalized spacial score (nSPS) is 18.3. The van der Waals surface area contributed by atoms with Gasteiger partial charge in [-0.3, -0.25) is 9.59 Å². The number of likely N-dealkylation sites (tertiary alicyclic amines) is 1. The Bertz CT molecular complexity index is 1210. The molecule has 2 aromatic rings. The first kappa shape index (κ1) is 25.5. The molecule has 0 bridgehead atoms. The van der Waals surface area contributed by atoms with Crippen LogP contribution in [0.3, 0.4) is 0 Å². The summed E-state index contributed by atoms with van der Waals surface area (Å²) in [4.78, 5) is 28.5. The Balaban J connectivity index is 2.08. The monoisotopic (exact) mass is 490 g/mol. The van der Waals surface area contributed by atoms with Gasteiger partial charge in [-0.15, -0.1) is 0 Å². The van der Waals surface area contributed by atoms with Crippen LogP contribution in [0.15, 0.2) is 59.0 Å². The Morgan fingerprint density at radius 3 is 2.18 bits per heavy atom. The Labute approximate surface area is 198 Å². The Hall–Kier alpha value is -3.08. The molecule has 0 aromatic heterocycles. The van der Waals surface area contributed by atoms with Crippen LogP contribution in [-0.2, 0) is 19.6 Å². The molecule has 1 aliphatic rings. The van der Waals surface area contributed by atoms with Crippen molar-refractivity contribution in [2.45, 2.75) is 17.4 Å². The van der Waals surface area contributed by atoms with Gasteiger partial charge in [0, 0.05) is 32.6 Å². The second-order valence-corrected chi connectivity index (χ2v) is 10.8. The van der Waals surface area contributed by atoms with E-state index in [1.165, 1.54) is 72.4 Å². The number of ketones is 1. The maximum absolute atomic E-state index is 13.6. The van der Waals surface area contributed by atoms with E-state index in [0.717, 1.165) is 10.8 Å². The lowest BCUT2D eigenvalue weighted by atomic mass is 9.95. The van der Waals surface area contributed by atoms with E-state index in [4.69, 9.17) is 0 Å². The smallest absolute Gasteiger partial charge is 0.295 e. The van der Waals surface area contributed by atoms with Crippen LogP contribution in [0.25, 0.3) is 5.76 Å². The number of Topliss-reactive ketones (excluding diaryl/α,β-unsaturated/α-hetero) is 1. The molecule has 8 nitrogen and oxygen atoms in total. The van der Waals surface area contributed by atoms with E-state index in [1.807, 2.05) is 14.1 Å². The molecule has 0 aliphatic carbocycles. The number of aliphatic hydroxyl groups excluding tert-OH is 1. The molecule has 0 radical (unpaired) electrons. The number of sulfonamides is 1. The Morgan fingerprint density at radius 2 is 1.65 bits per heavy atom. The van der Waals surface area contributed by atoms with Gasteiger partial charge in [-0.2, -0.15) is 0 Å². The van der Waals surface area contributed by atoms with Gasteiger partial charge in [-0.1, -0.05) is 12.1 Å². The first-order chi connectivity index (χ1) is 15.9. The molecule has 3 rings (SSSR count). The van der Waals surface area contributed by atoms with Gasteiger partial charge in [0.1, 0.15) is 11.6 Å². The van der Waals surface area contributed by atoms with Crippen molar-refractivity contribution >= 4 is 27.5 Å². The molecule has 1 fully saturated rings. The van der Waals surface area contributed by atoms with Crippen LogP contribution >= 0.6 is 0 Å². The molecule has 0 spiro atoms. The number of halogens is 1. The molecule has 182 valence electrons. The average molecular weight is 491 g/mol. The van der Waals surface area contributed by atoms with Gasteiger partial charge in [-0.05, 0) is 42.0 Å². The predicted molar refractivity (Wildman–Crippen MR) is 125 cm³/mol. The molecule has 1 unspecified atom stereocenters. The maximum atomic E-state index is 13.6. The first-order valence-corrected chi connectivity index (χ1v) is 12.2. The summed E-state index contributed by atoms with van der Waals surface area (Å²) in [6.07, 6.45) is 0.629. The van der Waals surface area contributed by atoms with E-state index in [0.29, 0.717) is 12.0 Å². The van der Waals surface area contributed by atoms with Gasteiger partial charge in [0.15, 0.2) is 0 Å². The minimum Gasteiger partial charge on any atom is -0.507 e. The summed E-state index contributed by atoms with van der Waals surface area (Å²) in [6.45, 7) is 1.05. The highest BCUT2D eigenvalue weighted by Crippen LogP contribution is 2.39. The molecule has 1 amide bonds. The number of aliphatic hydroxyl groups is 1. The van der Waals surface area contributed by atoms with Crippen LogP contribution in [-0.4, -0.2) is 75.7 Å². The van der Waals surface area contributed by atoms with Crippen molar-refractivity contribution in [2.75, 3.05) is 41.3 Å². The number of quaternary nitrogens is 1. The van der Waals surface area contributed by atoms with Crippen molar-refractivity contribution in [3.8, 4) is 0 Å². The predicted octanol–water partition coefficient (Wildman–Crippen LogP) is 1.03. The van der Waals surface area contributed by atoms with Crippen molar-refractivity contribution in [2.24, 2.45) is 0 Å². The molecule has 0 saturated carbocycles. The van der Waals surface area contributed by atoms with Crippen LogP contribution in [0.5, 0.6) is 0 Å². The lowest BCUT2D eigenvalue weighted by molar-refractivity contribution is -0.858. The summed E-state index contributed by atoms with van der Waals surface area (Å²) in [7, 11) is 3.10. The van der Waals surface area contributed by atoms with Crippen LogP contribution in [0.4, 0.5) is 4.39 Å². The van der Waals surface area contributed by atoms with Crippen LogP contribution < -0.4 is 4.90 Å². The zero-order valence-corrected chi connectivity index (χ0v) is 20.4. The fraction of sp³-hybridized carbons (Fsp3) is 0.333. The molecule has 10 heteroatoms. The number of amides is 1. The fourth-order valence-electron chi connectivity index (χ4n) is 3.86. The number of nitrogens with one attached hydrogen (secondary N) is 1. The highest BCUT2D eigenvalue weighted by molar-refractivity contribution is 7.89. The molecule has 1 aliphatic heterocycles. The standard InChI is InChI=1S/C24H28FN3O5S/c1-26(2)14-5-15-28-21(16-6-10-18(25)11-7-16)20(23(30)24(28)31)22(29)17-8-12-19(13-9-17)34(32,33)27(3)4/h6-13,21,29H,5,14-15H2,1-4H3/p+1. The summed E-state index contributed by atoms with van der Waals surface area (Å²) in [5.41, 5.74) is 0.573. The van der Waals surface area contributed by atoms with Crippen LogP contribution in [0.2, 0.25) is 0 Å². The topological polar surface area (TPSA) is 99.4 Å². The number of hydrogen-bond donors (Lipinski definition) is 2. The van der Waals surface area contributed by atoms with Gasteiger partial charge >= 0.3 is 0 Å². The molecule has 34 heavy (non-hydrogen) atoms. The highest BCUT2D eigenvalue weighted by Gasteiger charge is 2.45. The molecule has 1 saturated heterocycles. The summed E-state index contributed by atoms with van der Waals surface area (Å²) in [5, 5.41) is 11.1. The zero-order chi connectivity index (χ0) is 25.2. The number of hydrogen-bond acceptors (Lipinski definition) is 5. The van der Waals surface area contributed by atoms with Crippen LogP contribution in [0, 0.1) is 5.82 Å². The van der Waals surface area contributed by atoms with Gasteiger partial charge in [0.05, 0.1) is 37.2 Å². The van der Waals surface area contributed by atoms with Crippen molar-refractivity contribution in [1.29, 1.82) is 0 Å². The number of benzene rings is 2. The van der Waals surface area contributed by atoms with Crippen LogP contribution in [0.1, 0.15) is 23.6 Å². The van der Waals surface area contributed by atoms with Crippen molar-refractivity contribution in [3.63, 3.8) is 0 Å². The van der Waals surface area contributed by atoms with E-state index in [9.17, 15) is 27.5 Å². The molecule has 1 heterocycles. The van der Waals surface area contributed by atoms with Crippen molar-refractivity contribution < 1.29 is 32.4 Å². The quantitative estimate of drug-likeness (QED) is 0.327. The second-order valence-electron chi connectivity index (χ2n) is 8.67. The fourth-order valence-corrected chi connectivity index (χ4v) is 4.76. The van der Waals surface area contributed by atoms with Crippen molar-refractivity contribution in [3.05, 3.63) is 71.0 Å². The zero-order valence-electron chi connectivity index (χ0n) is 19.6. The van der Waals surface area contributed by atoms with E-state index in [1.54, 1.807) is 0 Å². The van der Waals surface area contributed by atoms with Gasteiger partial charge in [0.2, 0.25) is 10.0 Å². The molecule has 1 atom stereocenters. The third-order valence-corrected chi connectivity index (χ3v) is 7.54. The Morgan fingerprint density at radius 1 is 1.06 bits per heavy atom. The van der Waals surface area contributed by atoms with Gasteiger partial charge < -0.3 is 14.9 Å². The minimum atomic E-state index is -3.67. The summed E-state index contributed by atoms with van der Waals surface area (Å²) < 4.78 is 39.3. The van der Waals surface area contributed by atoms with Gasteiger partial charge in [0.25, 0.3) is 11.7 Å². The number of nitrogens with zero attached hydrogens (tertiary/aromatic N) is 2. The largest absolute Gasteiger partial charge is 0.507 e. The minimum absolute atomic E-state index is 0.0239. The Kier molecular flexibility index (Phi) is 7.54. The number of rotatable bonds is 8. The maximum Gasteiger partial charge on any atom is 0.295 e. The molecule has 2 N–H and O–H groups in total. The second kappa shape index (κ2) is 10.0. The summed E-state index contributed by atoms with van der Waals surface area (Å²) >= 11 is 0. The van der Waals surface area contributed by atoms with E-state index >= 15 is 0 Å². The summed E-state index contributed by atoms with van der Waals surface area (Å²) in [5.74, 6) is -2.46. The summed E-state index contributed by atoms with van der Waals surface area (Å²) in [6, 6.07) is 9.97. The number of carbonyl (C=O) groups is 2. The lowest BCUT2D eigenvalue weighted by Gasteiger charge is -2.25. The molecule has 2 aromatic carbocycles. The van der Waals surface area contributed by atoms with E-state index in [2.05, 4.69) is 0 Å². The van der Waals surface area contributed by atoms with Gasteiger partial charge in [-0.25, -0.2) is 17.1 Å². The molecular weight excluding hydrogens is 461 g/mol. The third-order valence-electron chi connectivity index (χ3n) is 5.71. The first-order valence-electron chi connectivity index (χ1n) is 10.8. The van der Waals surface area contributed by atoms with E-state index < -0.39 is 39.3 Å². The number of carbonyl (C=O) groups excluding carboxylic acids is 2. The average Bonchev–Trinajstić information content (AvgIpc) is 3.04. The lowest BCUT2D eigenvalue weighted by Crippen LogP contribution is -3.05.